The van der Waals surface area contributed by atoms with Gasteiger partial charge in [-0.05, 0) is 38.3 Å². The van der Waals surface area contributed by atoms with Crippen LogP contribution in [0.4, 0.5) is 4.79 Å². The van der Waals surface area contributed by atoms with Crippen molar-refractivity contribution in [1.29, 1.82) is 0 Å². The number of carbonyl (C=O) groups is 1. The van der Waals surface area contributed by atoms with Crippen molar-refractivity contribution in [3.05, 3.63) is 0 Å². The number of hydrogen-bond acceptors (Lipinski definition) is 4. The third-order valence-corrected chi connectivity index (χ3v) is 7.01. The molecule has 2 heterocycles. The molecule has 134 valence electrons. The molecule has 23 heavy (non-hydrogen) atoms. The zero-order valence-electron chi connectivity index (χ0n) is 14.4. The van der Waals surface area contributed by atoms with Crippen LogP contribution in [0, 0.1) is 5.92 Å². The summed E-state index contributed by atoms with van der Waals surface area (Å²) in [5.41, 5.74) is 0. The molecule has 2 rings (SSSR count). The molecule has 2 N–H and O–H groups in total. The van der Waals surface area contributed by atoms with Crippen molar-refractivity contribution in [2.75, 3.05) is 31.1 Å². The van der Waals surface area contributed by atoms with E-state index in [0.29, 0.717) is 24.9 Å². The summed E-state index contributed by atoms with van der Waals surface area (Å²) < 4.78 is 22.9. The second-order valence-corrected chi connectivity index (χ2v) is 9.07. The maximum Gasteiger partial charge on any atom is 0.315 e. The van der Waals surface area contributed by atoms with E-state index >= 15 is 0 Å². The molecule has 2 atom stereocenters. The highest BCUT2D eigenvalue weighted by atomic mass is 32.2. The summed E-state index contributed by atoms with van der Waals surface area (Å²) in [5, 5.41) is 5.78. The molecule has 0 unspecified atom stereocenters. The van der Waals surface area contributed by atoms with Crippen LogP contribution in [0.3, 0.4) is 0 Å². The molecule has 0 aromatic carbocycles. The van der Waals surface area contributed by atoms with Crippen LogP contribution in [0.1, 0.15) is 46.0 Å². The van der Waals surface area contributed by atoms with Gasteiger partial charge in [0.25, 0.3) is 0 Å². The van der Waals surface area contributed by atoms with E-state index in [1.165, 1.54) is 12.8 Å². The molecular weight excluding hydrogens is 314 g/mol. The van der Waals surface area contributed by atoms with Gasteiger partial charge in [0.05, 0.1) is 11.5 Å². The number of hydrogen-bond donors (Lipinski definition) is 2. The van der Waals surface area contributed by atoms with E-state index in [0.717, 1.165) is 25.9 Å². The van der Waals surface area contributed by atoms with E-state index < -0.39 is 9.84 Å². The highest BCUT2D eigenvalue weighted by molar-refractivity contribution is 7.91. The summed E-state index contributed by atoms with van der Waals surface area (Å²) in [5.74, 6) is 0.838. The molecule has 0 saturated carbocycles. The van der Waals surface area contributed by atoms with Crippen molar-refractivity contribution < 1.29 is 13.2 Å². The standard InChI is InChI=1S/C16H31N3O3S/c1-3-13(4-2)15(19-8-5-6-9-19)11-17-16(20)18-14-7-10-23(21,22)12-14/h13-15H,3-12H2,1-2H3,(H2,17,18,20)/t14-,15-/m0/s1. The number of nitrogens with zero attached hydrogens (tertiary/aromatic N) is 1. The maximum atomic E-state index is 12.1. The lowest BCUT2D eigenvalue weighted by Crippen LogP contribution is -2.50. The Morgan fingerprint density at radius 2 is 1.87 bits per heavy atom. The summed E-state index contributed by atoms with van der Waals surface area (Å²) in [6, 6.07) is -0.0915. The van der Waals surface area contributed by atoms with Crippen molar-refractivity contribution in [1.82, 2.24) is 15.5 Å². The summed E-state index contributed by atoms with van der Waals surface area (Å²) >= 11 is 0. The number of carbonyl (C=O) groups excluding carboxylic acids is 1. The molecule has 2 fully saturated rings. The lowest BCUT2D eigenvalue weighted by Gasteiger charge is -2.34. The lowest BCUT2D eigenvalue weighted by molar-refractivity contribution is 0.161. The highest BCUT2D eigenvalue weighted by Crippen LogP contribution is 2.22. The van der Waals surface area contributed by atoms with Crippen LogP contribution in [0.5, 0.6) is 0 Å². The van der Waals surface area contributed by atoms with Gasteiger partial charge in [-0.2, -0.15) is 0 Å². The van der Waals surface area contributed by atoms with E-state index in [1.54, 1.807) is 0 Å². The van der Waals surface area contributed by atoms with Gasteiger partial charge >= 0.3 is 6.03 Å². The van der Waals surface area contributed by atoms with Gasteiger partial charge < -0.3 is 10.6 Å². The first-order valence-corrected chi connectivity index (χ1v) is 10.8. The largest absolute Gasteiger partial charge is 0.337 e. The second-order valence-electron chi connectivity index (χ2n) is 6.84. The van der Waals surface area contributed by atoms with Crippen LogP contribution in [-0.4, -0.2) is 62.6 Å². The molecule has 6 nitrogen and oxygen atoms in total. The highest BCUT2D eigenvalue weighted by Gasteiger charge is 2.30. The average Bonchev–Trinajstić information content (AvgIpc) is 3.13. The minimum atomic E-state index is -2.96. The van der Waals surface area contributed by atoms with E-state index in [9.17, 15) is 13.2 Å². The van der Waals surface area contributed by atoms with Crippen molar-refractivity contribution in [3.63, 3.8) is 0 Å². The van der Waals surface area contributed by atoms with E-state index in [-0.39, 0.29) is 23.6 Å². The molecule has 0 spiro atoms. The molecule has 0 radical (unpaired) electrons. The van der Waals surface area contributed by atoms with Crippen molar-refractivity contribution in [2.45, 2.75) is 58.0 Å². The number of rotatable bonds is 7. The minimum absolute atomic E-state index is 0.0719. The predicted octanol–water partition coefficient (Wildman–Crippen LogP) is 1.37. The smallest absolute Gasteiger partial charge is 0.315 e. The van der Waals surface area contributed by atoms with Crippen LogP contribution in [0.15, 0.2) is 0 Å². The minimum Gasteiger partial charge on any atom is -0.337 e. The molecule has 2 aliphatic rings. The van der Waals surface area contributed by atoms with Gasteiger partial charge in [-0.25, -0.2) is 13.2 Å². The van der Waals surface area contributed by atoms with Gasteiger partial charge in [0.15, 0.2) is 9.84 Å². The fraction of sp³-hybridized carbons (Fsp3) is 0.938. The van der Waals surface area contributed by atoms with Crippen LogP contribution in [0.25, 0.3) is 0 Å². The van der Waals surface area contributed by atoms with Crippen LogP contribution in [0.2, 0.25) is 0 Å². The fourth-order valence-electron chi connectivity index (χ4n) is 3.84. The molecule has 2 amide bonds. The van der Waals surface area contributed by atoms with Crippen molar-refractivity contribution in [3.8, 4) is 0 Å². The maximum absolute atomic E-state index is 12.1. The molecule has 7 heteroatoms. The topological polar surface area (TPSA) is 78.5 Å². The molecular formula is C16H31N3O3S. The fourth-order valence-corrected chi connectivity index (χ4v) is 5.52. The summed E-state index contributed by atoms with van der Waals surface area (Å²) in [7, 11) is -2.96. The number of urea groups is 1. The third kappa shape index (κ3) is 5.35. The Hall–Kier alpha value is -0.820. The molecule has 0 aromatic rings. The summed E-state index contributed by atoms with van der Waals surface area (Å²) in [6.07, 6.45) is 5.23. The quantitative estimate of drug-likeness (QED) is 0.730. The molecule has 2 saturated heterocycles. The van der Waals surface area contributed by atoms with Crippen LogP contribution < -0.4 is 10.6 Å². The van der Waals surface area contributed by atoms with Crippen molar-refractivity contribution >= 4 is 15.9 Å². The summed E-state index contributed by atoms with van der Waals surface area (Å²) in [4.78, 5) is 14.6. The van der Waals surface area contributed by atoms with Gasteiger partial charge in [0.2, 0.25) is 0 Å². The number of nitrogens with one attached hydrogen (secondary N) is 2. The van der Waals surface area contributed by atoms with Gasteiger partial charge in [-0.1, -0.05) is 26.7 Å². The number of sulfone groups is 1. The first-order chi connectivity index (χ1) is 10.9. The normalized spacial score (nSPS) is 25.6. The van der Waals surface area contributed by atoms with E-state index in [1.807, 2.05) is 0 Å². The Morgan fingerprint density at radius 3 is 2.39 bits per heavy atom. The monoisotopic (exact) mass is 345 g/mol. The molecule has 0 bridgehead atoms. The SMILES string of the molecule is CCC(CC)[C@H](CNC(=O)N[C@H]1CCS(=O)(=O)C1)N1CCCC1. The summed E-state index contributed by atoms with van der Waals surface area (Å²) in [6.45, 7) is 7.29. The van der Waals surface area contributed by atoms with Gasteiger partial charge in [-0.15, -0.1) is 0 Å². The molecule has 0 aliphatic carbocycles. The Bertz CT molecular complexity index is 483. The van der Waals surface area contributed by atoms with Crippen LogP contribution in [-0.2, 0) is 9.84 Å². The van der Waals surface area contributed by atoms with Crippen LogP contribution >= 0.6 is 0 Å². The Balaban J connectivity index is 1.83. The molecule has 2 aliphatic heterocycles. The first kappa shape index (κ1) is 18.5. The lowest BCUT2D eigenvalue weighted by atomic mass is 9.93. The van der Waals surface area contributed by atoms with Gasteiger partial charge in [0.1, 0.15) is 0 Å². The van der Waals surface area contributed by atoms with Gasteiger partial charge in [0, 0.05) is 18.6 Å². The predicted molar refractivity (Wildman–Crippen MR) is 92.3 cm³/mol. The average molecular weight is 346 g/mol. The Kier molecular flexibility index (Phi) is 6.71. The Morgan fingerprint density at radius 1 is 1.22 bits per heavy atom. The van der Waals surface area contributed by atoms with E-state index in [4.69, 9.17) is 0 Å². The number of likely N-dealkylation sites (tertiary alicyclic amines) is 1. The Labute approximate surface area is 140 Å². The second kappa shape index (κ2) is 8.33. The van der Waals surface area contributed by atoms with Crippen molar-refractivity contribution in [2.24, 2.45) is 5.92 Å². The third-order valence-electron chi connectivity index (χ3n) is 5.24. The van der Waals surface area contributed by atoms with Gasteiger partial charge in [-0.3, -0.25) is 4.90 Å². The zero-order chi connectivity index (χ0) is 16.9. The van der Waals surface area contributed by atoms with E-state index in [2.05, 4.69) is 29.4 Å². The first-order valence-electron chi connectivity index (χ1n) is 8.94. The number of amides is 2. The zero-order valence-corrected chi connectivity index (χ0v) is 15.2. The molecule has 0 aromatic heterocycles.